The molecule has 11 nitrogen and oxygen atoms in total. The number of hydrogen-bond acceptors (Lipinski definition) is 7. The number of carbonyl (C=O) groups is 2. The molecule has 3 heterocycles. The van der Waals surface area contributed by atoms with Crippen LogP contribution in [0.4, 0.5) is 5.82 Å². The van der Waals surface area contributed by atoms with E-state index in [-0.39, 0.29) is 5.82 Å². The lowest BCUT2D eigenvalue weighted by Crippen LogP contribution is -2.37. The molecule has 0 bridgehead atoms. The van der Waals surface area contributed by atoms with Crippen LogP contribution in [0.15, 0.2) is 61.2 Å². The largest absolute Gasteiger partial charge is 0.363 e. The van der Waals surface area contributed by atoms with Crippen LogP contribution in [0.5, 0.6) is 0 Å². The molecule has 1 amide bonds. The Morgan fingerprint density at radius 2 is 1.94 bits per heavy atom. The Bertz CT molecular complexity index is 1210. The second-order valence-corrected chi connectivity index (χ2v) is 8.07. The quantitative estimate of drug-likeness (QED) is 0.334. The molecule has 1 atom stereocenters. The fourth-order valence-corrected chi connectivity index (χ4v) is 3.53. The standard InChI is InChI=1S/C23H27N9O2/c1-29(2)21-13-20(15-30-11-6-10-25-30)27-32(21)12-9-19(16-33)26-23(34)22-24-17-31(28-22)14-18-7-4-3-5-8-18/h3-8,10-11,13,16-17,19H,9,12,14-15H2,1-2H3,(H,26,34). The van der Waals surface area contributed by atoms with E-state index in [1.54, 1.807) is 15.6 Å². The van der Waals surface area contributed by atoms with E-state index in [0.717, 1.165) is 23.4 Å². The van der Waals surface area contributed by atoms with Crippen LogP contribution >= 0.6 is 0 Å². The highest BCUT2D eigenvalue weighted by atomic mass is 16.2. The molecule has 0 fully saturated rings. The molecule has 0 aliphatic heterocycles. The minimum absolute atomic E-state index is 0.0253. The summed E-state index contributed by atoms with van der Waals surface area (Å²) in [7, 11) is 3.86. The summed E-state index contributed by atoms with van der Waals surface area (Å²) in [6.07, 6.45) is 6.21. The van der Waals surface area contributed by atoms with Crippen molar-refractivity contribution in [1.29, 1.82) is 0 Å². The Hall–Kier alpha value is -4.28. The Balaban J connectivity index is 1.36. The van der Waals surface area contributed by atoms with E-state index in [2.05, 4.69) is 25.6 Å². The van der Waals surface area contributed by atoms with Gasteiger partial charge < -0.3 is 15.0 Å². The SMILES string of the molecule is CN(C)c1cc(Cn2cccn2)nn1CCC(C=O)NC(=O)c1ncn(Cc2ccccc2)n1. The molecule has 0 spiro atoms. The number of anilines is 1. The van der Waals surface area contributed by atoms with E-state index >= 15 is 0 Å². The normalized spacial score (nSPS) is 11.8. The summed E-state index contributed by atoms with van der Waals surface area (Å²) in [4.78, 5) is 30.3. The van der Waals surface area contributed by atoms with E-state index in [1.165, 1.54) is 6.33 Å². The van der Waals surface area contributed by atoms with Crippen LogP contribution in [0.2, 0.25) is 0 Å². The van der Waals surface area contributed by atoms with Gasteiger partial charge in [-0.2, -0.15) is 10.2 Å². The number of aromatic nitrogens is 7. The monoisotopic (exact) mass is 461 g/mol. The highest BCUT2D eigenvalue weighted by molar-refractivity contribution is 5.92. The van der Waals surface area contributed by atoms with Crippen LogP contribution in [0.1, 0.15) is 28.3 Å². The van der Waals surface area contributed by atoms with Crippen molar-refractivity contribution in [2.75, 3.05) is 19.0 Å². The van der Waals surface area contributed by atoms with E-state index in [0.29, 0.717) is 26.1 Å². The fourth-order valence-electron chi connectivity index (χ4n) is 3.53. The van der Waals surface area contributed by atoms with Gasteiger partial charge >= 0.3 is 0 Å². The molecule has 11 heteroatoms. The molecule has 4 aromatic rings. The lowest BCUT2D eigenvalue weighted by molar-refractivity contribution is -0.109. The van der Waals surface area contributed by atoms with E-state index in [4.69, 9.17) is 0 Å². The van der Waals surface area contributed by atoms with Gasteiger partial charge in [0.25, 0.3) is 5.91 Å². The number of benzene rings is 1. The maximum absolute atomic E-state index is 12.6. The molecule has 0 aliphatic rings. The zero-order valence-corrected chi connectivity index (χ0v) is 19.2. The van der Waals surface area contributed by atoms with Crippen molar-refractivity contribution in [3.05, 3.63) is 78.3 Å². The van der Waals surface area contributed by atoms with Crippen LogP contribution in [0.25, 0.3) is 0 Å². The van der Waals surface area contributed by atoms with Gasteiger partial charge in [0.15, 0.2) is 0 Å². The maximum atomic E-state index is 12.6. The molecular weight excluding hydrogens is 434 g/mol. The molecule has 0 radical (unpaired) electrons. The van der Waals surface area contributed by atoms with Crippen molar-refractivity contribution in [3.63, 3.8) is 0 Å². The first kappa shape index (κ1) is 22.9. The number of aryl methyl sites for hydroxylation is 1. The first-order valence-corrected chi connectivity index (χ1v) is 10.9. The molecule has 1 unspecified atom stereocenters. The van der Waals surface area contributed by atoms with Crippen LogP contribution in [-0.2, 0) is 24.4 Å². The summed E-state index contributed by atoms with van der Waals surface area (Å²) in [6, 6.07) is 12.9. The first-order chi connectivity index (χ1) is 16.5. The van der Waals surface area contributed by atoms with Crippen LogP contribution < -0.4 is 10.2 Å². The van der Waals surface area contributed by atoms with Gasteiger partial charge in [-0.05, 0) is 18.1 Å². The third-order valence-electron chi connectivity index (χ3n) is 5.21. The van der Waals surface area contributed by atoms with Crippen molar-refractivity contribution in [1.82, 2.24) is 39.6 Å². The molecule has 4 rings (SSSR count). The minimum Gasteiger partial charge on any atom is -0.363 e. The molecule has 176 valence electrons. The van der Waals surface area contributed by atoms with Gasteiger partial charge in [0.1, 0.15) is 18.4 Å². The number of hydrogen-bond donors (Lipinski definition) is 1. The van der Waals surface area contributed by atoms with Gasteiger partial charge in [0.2, 0.25) is 5.82 Å². The summed E-state index contributed by atoms with van der Waals surface area (Å²) in [5.41, 5.74) is 1.90. The maximum Gasteiger partial charge on any atom is 0.291 e. The molecule has 0 saturated heterocycles. The number of nitrogens with zero attached hydrogens (tertiary/aromatic N) is 8. The Labute approximate surface area is 197 Å². The molecule has 1 N–H and O–H groups in total. The summed E-state index contributed by atoms with van der Waals surface area (Å²) < 4.78 is 5.22. The zero-order valence-electron chi connectivity index (χ0n) is 19.2. The molecule has 1 aromatic carbocycles. The summed E-state index contributed by atoms with van der Waals surface area (Å²) in [5, 5.41) is 15.8. The van der Waals surface area contributed by atoms with Crippen molar-refractivity contribution < 1.29 is 9.59 Å². The Morgan fingerprint density at radius 1 is 1.12 bits per heavy atom. The summed E-state index contributed by atoms with van der Waals surface area (Å²) in [6.45, 7) is 1.50. The smallest absolute Gasteiger partial charge is 0.291 e. The second-order valence-electron chi connectivity index (χ2n) is 8.07. The number of aldehydes is 1. The van der Waals surface area contributed by atoms with Crippen molar-refractivity contribution >= 4 is 18.0 Å². The lowest BCUT2D eigenvalue weighted by Gasteiger charge is -2.16. The third kappa shape index (κ3) is 5.74. The molecular formula is C23H27N9O2. The predicted octanol–water partition coefficient (Wildman–Crippen LogP) is 1.22. The van der Waals surface area contributed by atoms with E-state index in [9.17, 15) is 9.59 Å². The second kappa shape index (κ2) is 10.6. The van der Waals surface area contributed by atoms with E-state index in [1.807, 2.05) is 72.3 Å². The first-order valence-electron chi connectivity index (χ1n) is 10.9. The van der Waals surface area contributed by atoms with Crippen LogP contribution in [-0.4, -0.2) is 66.7 Å². The molecule has 0 aliphatic carbocycles. The van der Waals surface area contributed by atoms with Crippen LogP contribution in [0.3, 0.4) is 0 Å². The molecule has 3 aromatic heterocycles. The zero-order chi connectivity index (χ0) is 23.9. The van der Waals surface area contributed by atoms with Crippen molar-refractivity contribution in [2.45, 2.75) is 32.1 Å². The van der Waals surface area contributed by atoms with Crippen LogP contribution in [0, 0.1) is 0 Å². The Morgan fingerprint density at radius 3 is 2.65 bits per heavy atom. The number of amides is 1. The summed E-state index contributed by atoms with van der Waals surface area (Å²) in [5.74, 6) is 0.438. The van der Waals surface area contributed by atoms with Crippen molar-refractivity contribution in [3.8, 4) is 0 Å². The molecule has 34 heavy (non-hydrogen) atoms. The van der Waals surface area contributed by atoms with Crippen molar-refractivity contribution in [2.24, 2.45) is 0 Å². The number of nitrogens with one attached hydrogen (secondary N) is 1. The topological polar surface area (TPSA) is 116 Å². The highest BCUT2D eigenvalue weighted by Gasteiger charge is 2.18. The highest BCUT2D eigenvalue weighted by Crippen LogP contribution is 2.16. The van der Waals surface area contributed by atoms with Gasteiger partial charge in [0, 0.05) is 39.1 Å². The summed E-state index contributed by atoms with van der Waals surface area (Å²) >= 11 is 0. The van der Waals surface area contributed by atoms with E-state index < -0.39 is 11.9 Å². The number of rotatable bonds is 11. The van der Waals surface area contributed by atoms with Gasteiger partial charge in [-0.15, -0.1) is 5.10 Å². The molecule has 0 saturated carbocycles. The minimum atomic E-state index is -0.692. The third-order valence-corrected chi connectivity index (χ3v) is 5.21. The Kier molecular flexibility index (Phi) is 7.11. The van der Waals surface area contributed by atoms with Gasteiger partial charge in [0.05, 0.1) is 24.8 Å². The lowest BCUT2D eigenvalue weighted by atomic mass is 10.2. The number of carbonyl (C=O) groups excluding carboxylic acids is 2. The average Bonchev–Trinajstić information content (AvgIpc) is 3.59. The predicted molar refractivity (Wildman–Crippen MR) is 125 cm³/mol. The van der Waals surface area contributed by atoms with Gasteiger partial charge in [-0.3, -0.25) is 9.48 Å². The average molecular weight is 462 g/mol. The van der Waals surface area contributed by atoms with Gasteiger partial charge in [-0.1, -0.05) is 30.3 Å². The fraction of sp³-hybridized carbons (Fsp3) is 0.304. The van der Waals surface area contributed by atoms with Gasteiger partial charge in [-0.25, -0.2) is 14.3 Å².